The van der Waals surface area contributed by atoms with E-state index < -0.39 is 0 Å². The van der Waals surface area contributed by atoms with Crippen molar-refractivity contribution in [3.05, 3.63) is 51.7 Å². The molecule has 0 radical (unpaired) electrons. The summed E-state index contributed by atoms with van der Waals surface area (Å²) >= 11 is 7.25. The molecular weight excluding hydrogens is 334 g/mol. The maximum atomic E-state index is 12.4. The normalized spacial score (nSPS) is 10.7. The molecule has 2 heterocycles. The summed E-state index contributed by atoms with van der Waals surface area (Å²) in [6, 6.07) is 8.97. The Labute approximate surface area is 142 Å². The van der Waals surface area contributed by atoms with Crippen LogP contribution in [-0.2, 0) is 6.42 Å². The van der Waals surface area contributed by atoms with Crippen molar-refractivity contribution in [1.29, 1.82) is 0 Å². The van der Waals surface area contributed by atoms with Gasteiger partial charge in [-0.15, -0.1) is 10.2 Å². The molecule has 0 fully saturated rings. The maximum absolute atomic E-state index is 12.4. The van der Waals surface area contributed by atoms with Gasteiger partial charge in [0.15, 0.2) is 0 Å². The summed E-state index contributed by atoms with van der Waals surface area (Å²) in [7, 11) is 0. The number of furan rings is 1. The molecule has 5 nitrogen and oxygen atoms in total. The largest absolute Gasteiger partial charge is 0.461 e. The molecule has 3 aromatic rings. The summed E-state index contributed by atoms with van der Waals surface area (Å²) < 4.78 is 5.69. The van der Waals surface area contributed by atoms with E-state index in [2.05, 4.69) is 15.5 Å². The van der Waals surface area contributed by atoms with Gasteiger partial charge in [-0.25, -0.2) is 0 Å². The highest BCUT2D eigenvalue weighted by molar-refractivity contribution is 7.15. The number of nitrogens with zero attached hydrogens (tertiary/aromatic N) is 2. The monoisotopic (exact) mass is 347 g/mol. The van der Waals surface area contributed by atoms with Crippen LogP contribution in [0, 0.1) is 6.92 Å². The zero-order valence-corrected chi connectivity index (χ0v) is 14.2. The zero-order valence-electron chi connectivity index (χ0n) is 12.6. The maximum Gasteiger partial charge on any atom is 0.261 e. The molecule has 3 rings (SSSR count). The van der Waals surface area contributed by atoms with Crippen LogP contribution in [0.25, 0.3) is 11.3 Å². The predicted octanol–water partition coefficient (Wildman–Crippen LogP) is 4.57. The van der Waals surface area contributed by atoms with Gasteiger partial charge in [-0.3, -0.25) is 10.1 Å². The summed E-state index contributed by atoms with van der Waals surface area (Å²) in [5.41, 5.74) is 1.34. The third-order valence-corrected chi connectivity index (χ3v) is 4.52. The Morgan fingerprint density at radius 1 is 1.30 bits per heavy atom. The fraction of sp³-hybridized carbons (Fsp3) is 0.188. The van der Waals surface area contributed by atoms with Crippen molar-refractivity contribution >= 4 is 34.0 Å². The van der Waals surface area contributed by atoms with Crippen LogP contribution in [-0.4, -0.2) is 16.1 Å². The molecule has 23 heavy (non-hydrogen) atoms. The first kappa shape index (κ1) is 15.7. The van der Waals surface area contributed by atoms with Crippen LogP contribution in [0.3, 0.4) is 0 Å². The Kier molecular flexibility index (Phi) is 4.45. The van der Waals surface area contributed by atoms with Crippen LogP contribution in [0.2, 0.25) is 5.02 Å². The quantitative estimate of drug-likeness (QED) is 0.750. The van der Waals surface area contributed by atoms with Crippen molar-refractivity contribution < 1.29 is 9.21 Å². The first-order chi connectivity index (χ1) is 11.1. The smallest absolute Gasteiger partial charge is 0.261 e. The summed E-state index contributed by atoms with van der Waals surface area (Å²) in [5, 5.41) is 12.7. The second-order valence-corrected chi connectivity index (χ2v) is 6.39. The second-order valence-electron chi connectivity index (χ2n) is 4.90. The Balaban J connectivity index is 1.82. The fourth-order valence-electron chi connectivity index (χ4n) is 2.08. The number of aryl methyl sites for hydroxylation is 2. The van der Waals surface area contributed by atoms with Crippen LogP contribution < -0.4 is 5.32 Å². The van der Waals surface area contributed by atoms with Crippen molar-refractivity contribution in [3.8, 4) is 11.3 Å². The van der Waals surface area contributed by atoms with Gasteiger partial charge in [0.05, 0.1) is 5.56 Å². The highest BCUT2D eigenvalue weighted by atomic mass is 35.5. The molecule has 1 amide bonds. The second kappa shape index (κ2) is 6.52. The lowest BCUT2D eigenvalue weighted by atomic mass is 10.1. The minimum atomic E-state index is -0.259. The van der Waals surface area contributed by atoms with Gasteiger partial charge in [-0.2, -0.15) is 0 Å². The van der Waals surface area contributed by atoms with Gasteiger partial charge < -0.3 is 4.42 Å². The van der Waals surface area contributed by atoms with Gasteiger partial charge in [-0.05, 0) is 43.7 Å². The Morgan fingerprint density at radius 3 is 2.70 bits per heavy atom. The SMILES string of the molecule is CCc1nnc(NC(=O)c2cc(-c3ccc(Cl)cc3)oc2C)s1. The topological polar surface area (TPSA) is 68.0 Å². The number of anilines is 1. The van der Waals surface area contributed by atoms with E-state index in [9.17, 15) is 4.79 Å². The van der Waals surface area contributed by atoms with E-state index in [1.807, 2.05) is 19.1 Å². The average molecular weight is 348 g/mol. The number of carbonyl (C=O) groups excluding carboxylic acids is 1. The molecule has 0 spiro atoms. The molecule has 2 aromatic heterocycles. The molecule has 1 N–H and O–H groups in total. The summed E-state index contributed by atoms with van der Waals surface area (Å²) in [6.07, 6.45) is 0.791. The molecule has 0 aliphatic rings. The highest BCUT2D eigenvalue weighted by Crippen LogP contribution is 2.27. The number of amides is 1. The molecule has 0 saturated carbocycles. The van der Waals surface area contributed by atoms with E-state index in [4.69, 9.17) is 16.0 Å². The number of nitrogens with one attached hydrogen (secondary N) is 1. The molecule has 118 valence electrons. The lowest BCUT2D eigenvalue weighted by molar-refractivity contribution is 0.102. The van der Waals surface area contributed by atoms with E-state index in [1.165, 1.54) is 11.3 Å². The summed E-state index contributed by atoms with van der Waals surface area (Å²) in [6.45, 7) is 3.75. The molecule has 1 aromatic carbocycles. The number of aromatic nitrogens is 2. The van der Waals surface area contributed by atoms with Crippen LogP contribution in [0.1, 0.15) is 28.0 Å². The number of carbonyl (C=O) groups is 1. The van der Waals surface area contributed by atoms with Gasteiger partial charge in [0.2, 0.25) is 5.13 Å². The summed E-state index contributed by atoms with van der Waals surface area (Å²) in [5.74, 6) is 0.911. The van der Waals surface area contributed by atoms with E-state index in [-0.39, 0.29) is 5.91 Å². The van der Waals surface area contributed by atoms with Crippen LogP contribution in [0.15, 0.2) is 34.7 Å². The fourth-order valence-corrected chi connectivity index (χ4v) is 2.88. The van der Waals surface area contributed by atoms with E-state index >= 15 is 0 Å². The van der Waals surface area contributed by atoms with Crippen molar-refractivity contribution in [2.45, 2.75) is 20.3 Å². The number of rotatable bonds is 4. The van der Waals surface area contributed by atoms with Crippen LogP contribution >= 0.6 is 22.9 Å². The lowest BCUT2D eigenvalue weighted by Gasteiger charge is -1.98. The van der Waals surface area contributed by atoms with Gasteiger partial charge in [-0.1, -0.05) is 29.9 Å². The summed E-state index contributed by atoms with van der Waals surface area (Å²) in [4.78, 5) is 12.4. The third kappa shape index (κ3) is 3.43. The first-order valence-corrected chi connectivity index (χ1v) is 8.26. The van der Waals surface area contributed by atoms with Crippen LogP contribution in [0.5, 0.6) is 0 Å². The van der Waals surface area contributed by atoms with Crippen molar-refractivity contribution in [1.82, 2.24) is 10.2 Å². The number of hydrogen-bond acceptors (Lipinski definition) is 5. The Hall–Kier alpha value is -2.18. The van der Waals surface area contributed by atoms with E-state index in [0.717, 1.165) is 17.0 Å². The van der Waals surface area contributed by atoms with Gasteiger partial charge >= 0.3 is 0 Å². The van der Waals surface area contributed by atoms with Crippen molar-refractivity contribution in [3.63, 3.8) is 0 Å². The molecule has 0 aliphatic carbocycles. The third-order valence-electron chi connectivity index (χ3n) is 3.28. The number of benzene rings is 1. The molecule has 0 unspecified atom stereocenters. The standard InChI is InChI=1S/C16H14ClN3O2S/c1-3-14-19-20-16(23-14)18-15(21)12-8-13(22-9(12)2)10-4-6-11(17)7-5-10/h4-8H,3H2,1-2H3,(H,18,20,21). The van der Waals surface area contributed by atoms with Gasteiger partial charge in [0.1, 0.15) is 16.5 Å². The van der Waals surface area contributed by atoms with Gasteiger partial charge in [0.25, 0.3) is 5.91 Å². The van der Waals surface area contributed by atoms with Crippen molar-refractivity contribution in [2.24, 2.45) is 0 Å². The zero-order chi connectivity index (χ0) is 16.4. The molecule has 0 aliphatic heterocycles. The Morgan fingerprint density at radius 2 is 2.04 bits per heavy atom. The van der Waals surface area contributed by atoms with E-state index in [1.54, 1.807) is 25.1 Å². The minimum Gasteiger partial charge on any atom is -0.461 e. The van der Waals surface area contributed by atoms with Crippen molar-refractivity contribution in [2.75, 3.05) is 5.32 Å². The number of hydrogen-bond donors (Lipinski definition) is 1. The molecule has 7 heteroatoms. The predicted molar refractivity (Wildman–Crippen MR) is 91.1 cm³/mol. The lowest BCUT2D eigenvalue weighted by Crippen LogP contribution is -2.11. The minimum absolute atomic E-state index is 0.259. The average Bonchev–Trinajstić information content (AvgIpc) is 3.14. The molecule has 0 saturated heterocycles. The first-order valence-electron chi connectivity index (χ1n) is 7.07. The Bertz CT molecular complexity index is 839. The molecule has 0 bridgehead atoms. The number of halogens is 1. The van der Waals surface area contributed by atoms with Crippen LogP contribution in [0.4, 0.5) is 5.13 Å². The molecule has 0 atom stereocenters. The molecular formula is C16H14ClN3O2S. The van der Waals surface area contributed by atoms with Gasteiger partial charge in [0, 0.05) is 10.6 Å². The van der Waals surface area contributed by atoms with E-state index in [0.29, 0.717) is 27.2 Å². The highest BCUT2D eigenvalue weighted by Gasteiger charge is 2.17.